The summed E-state index contributed by atoms with van der Waals surface area (Å²) in [5.41, 5.74) is 0.909. The molecule has 1 aromatic rings. The lowest BCUT2D eigenvalue weighted by Crippen LogP contribution is -2.38. The molecule has 0 bridgehead atoms. The number of imidazole rings is 1. The molecule has 0 amide bonds. The van der Waals surface area contributed by atoms with E-state index in [1.54, 1.807) is 13.3 Å². The van der Waals surface area contributed by atoms with Gasteiger partial charge < -0.3 is 18.8 Å². The molecule has 1 saturated heterocycles. The van der Waals surface area contributed by atoms with Gasteiger partial charge in [0.05, 0.1) is 43.1 Å². The lowest BCUT2D eigenvalue weighted by Gasteiger charge is -2.27. The Balaban J connectivity index is 1.74. The van der Waals surface area contributed by atoms with Crippen molar-refractivity contribution in [2.24, 2.45) is 0 Å². The highest BCUT2D eigenvalue weighted by Crippen LogP contribution is 2.29. The van der Waals surface area contributed by atoms with Gasteiger partial charge in [0, 0.05) is 33.4 Å². The summed E-state index contributed by atoms with van der Waals surface area (Å²) in [7, 11) is 0.266. The van der Waals surface area contributed by atoms with Crippen molar-refractivity contribution in [3.63, 3.8) is 0 Å². The largest absolute Gasteiger partial charge is 0.385 e. The molecule has 2 fully saturated rings. The predicted octanol–water partition coefficient (Wildman–Crippen LogP) is 1.48. The third-order valence-electron chi connectivity index (χ3n) is 5.46. The third kappa shape index (κ3) is 5.33. The standard InChI is InChI=1S/C19H33N3O5S/c1-21(14-17-15-26-10-11-27-17)13-16-12-20-19(22(16)8-5-9-25-2)28(23,24)18-6-3-4-7-18/h12,17-18H,3-11,13-15H2,1-2H3/t17-/m0/s1. The molecule has 9 heteroatoms. The average Bonchev–Trinajstić information content (AvgIpc) is 3.34. The van der Waals surface area contributed by atoms with Crippen molar-refractivity contribution in [2.45, 2.75) is 61.7 Å². The third-order valence-corrected chi connectivity index (χ3v) is 7.64. The minimum atomic E-state index is -3.40. The van der Waals surface area contributed by atoms with E-state index in [1.807, 2.05) is 11.6 Å². The van der Waals surface area contributed by atoms with Crippen LogP contribution in [0.1, 0.15) is 37.8 Å². The van der Waals surface area contributed by atoms with Crippen molar-refractivity contribution < 1.29 is 22.6 Å². The second-order valence-corrected chi connectivity index (χ2v) is 9.87. The molecule has 28 heavy (non-hydrogen) atoms. The number of ether oxygens (including phenoxy) is 3. The first-order valence-electron chi connectivity index (χ1n) is 10.2. The number of nitrogens with zero attached hydrogens (tertiary/aromatic N) is 3. The van der Waals surface area contributed by atoms with E-state index in [0.29, 0.717) is 39.5 Å². The van der Waals surface area contributed by atoms with E-state index in [0.717, 1.165) is 44.3 Å². The summed E-state index contributed by atoms with van der Waals surface area (Å²) in [6, 6.07) is 0. The molecule has 0 radical (unpaired) electrons. The zero-order valence-electron chi connectivity index (χ0n) is 17.0. The summed E-state index contributed by atoms with van der Waals surface area (Å²) in [5.74, 6) is 0. The van der Waals surface area contributed by atoms with Gasteiger partial charge in [0.2, 0.25) is 15.0 Å². The number of methoxy groups -OCH3 is 1. The fourth-order valence-corrected chi connectivity index (χ4v) is 6.00. The first-order chi connectivity index (χ1) is 13.5. The van der Waals surface area contributed by atoms with Gasteiger partial charge in [0.25, 0.3) is 0 Å². The summed E-state index contributed by atoms with van der Waals surface area (Å²) in [4.78, 5) is 6.50. The van der Waals surface area contributed by atoms with Crippen LogP contribution in [-0.4, -0.2) is 81.4 Å². The Bertz CT molecular complexity index is 709. The summed E-state index contributed by atoms with van der Waals surface area (Å²) < 4.78 is 44.5. The molecule has 8 nitrogen and oxygen atoms in total. The topological polar surface area (TPSA) is 82.9 Å². The molecule has 1 aliphatic carbocycles. The molecule has 1 aliphatic heterocycles. The van der Waals surface area contributed by atoms with Crippen LogP contribution < -0.4 is 0 Å². The first-order valence-corrected chi connectivity index (χ1v) is 11.7. The Morgan fingerprint density at radius 2 is 2.11 bits per heavy atom. The lowest BCUT2D eigenvalue weighted by atomic mass is 10.3. The lowest BCUT2D eigenvalue weighted by molar-refractivity contribution is -0.0964. The fourth-order valence-electron chi connectivity index (χ4n) is 4.03. The Hall–Kier alpha value is -1.000. The van der Waals surface area contributed by atoms with E-state index in [4.69, 9.17) is 14.2 Å². The molecular formula is C19H33N3O5S. The van der Waals surface area contributed by atoms with E-state index in [2.05, 4.69) is 9.88 Å². The van der Waals surface area contributed by atoms with E-state index in [1.165, 1.54) is 0 Å². The van der Waals surface area contributed by atoms with Crippen molar-refractivity contribution in [1.82, 2.24) is 14.5 Å². The van der Waals surface area contributed by atoms with E-state index < -0.39 is 9.84 Å². The number of hydrogen-bond acceptors (Lipinski definition) is 7. The van der Waals surface area contributed by atoms with E-state index >= 15 is 0 Å². The molecule has 0 spiro atoms. The van der Waals surface area contributed by atoms with Gasteiger partial charge in [-0.2, -0.15) is 0 Å². The second kappa shape index (κ2) is 10.2. The number of aromatic nitrogens is 2. The van der Waals surface area contributed by atoms with Crippen LogP contribution in [0.2, 0.25) is 0 Å². The Kier molecular flexibility index (Phi) is 7.87. The van der Waals surface area contributed by atoms with Crippen LogP contribution >= 0.6 is 0 Å². The average molecular weight is 416 g/mol. The van der Waals surface area contributed by atoms with Crippen LogP contribution in [0, 0.1) is 0 Å². The maximum Gasteiger partial charge on any atom is 0.228 e. The number of likely N-dealkylation sites (N-methyl/N-ethyl adjacent to an activating group) is 1. The Labute approximate surface area is 168 Å². The molecule has 3 rings (SSSR count). The summed E-state index contributed by atoms with van der Waals surface area (Å²) >= 11 is 0. The van der Waals surface area contributed by atoms with Gasteiger partial charge in [-0.25, -0.2) is 13.4 Å². The van der Waals surface area contributed by atoms with Crippen molar-refractivity contribution >= 4 is 9.84 Å². The van der Waals surface area contributed by atoms with Crippen molar-refractivity contribution in [1.29, 1.82) is 0 Å². The van der Waals surface area contributed by atoms with Gasteiger partial charge in [-0.1, -0.05) is 12.8 Å². The van der Waals surface area contributed by atoms with Crippen LogP contribution in [0.5, 0.6) is 0 Å². The summed E-state index contributed by atoms with van der Waals surface area (Å²) in [5, 5.41) is -0.0782. The second-order valence-electron chi connectivity index (χ2n) is 7.75. The fraction of sp³-hybridized carbons (Fsp3) is 0.842. The molecule has 160 valence electrons. The summed E-state index contributed by atoms with van der Waals surface area (Å²) in [6.07, 6.45) is 5.94. The van der Waals surface area contributed by atoms with Gasteiger partial charge in [0.15, 0.2) is 0 Å². The maximum atomic E-state index is 13.1. The molecule has 0 N–H and O–H groups in total. The highest BCUT2D eigenvalue weighted by Gasteiger charge is 2.34. The Morgan fingerprint density at radius 3 is 2.79 bits per heavy atom. The number of rotatable bonds is 10. The highest BCUT2D eigenvalue weighted by molar-refractivity contribution is 7.91. The minimum absolute atomic E-state index is 0.0466. The molecule has 2 aliphatic rings. The van der Waals surface area contributed by atoms with Crippen molar-refractivity contribution in [3.8, 4) is 0 Å². The Morgan fingerprint density at radius 1 is 1.32 bits per heavy atom. The molecule has 0 aromatic carbocycles. The minimum Gasteiger partial charge on any atom is -0.385 e. The normalized spacial score (nSPS) is 21.6. The SMILES string of the molecule is COCCCn1c(CN(C)C[C@H]2COCCO2)cnc1S(=O)(=O)C1CCCC1. The summed E-state index contributed by atoms with van der Waals surface area (Å²) in [6.45, 7) is 4.38. The maximum absolute atomic E-state index is 13.1. The van der Waals surface area contributed by atoms with Crippen molar-refractivity contribution in [3.05, 3.63) is 11.9 Å². The van der Waals surface area contributed by atoms with E-state index in [9.17, 15) is 8.42 Å². The zero-order chi connectivity index (χ0) is 20.0. The van der Waals surface area contributed by atoms with Crippen molar-refractivity contribution in [2.75, 3.05) is 47.1 Å². The van der Waals surface area contributed by atoms with Crippen LogP contribution in [0.4, 0.5) is 0 Å². The zero-order valence-corrected chi connectivity index (χ0v) is 17.8. The molecule has 1 atom stereocenters. The first kappa shape index (κ1) is 21.7. The quantitative estimate of drug-likeness (QED) is 0.535. The number of hydrogen-bond donors (Lipinski definition) is 0. The van der Waals surface area contributed by atoms with Gasteiger partial charge in [-0.3, -0.25) is 4.90 Å². The van der Waals surface area contributed by atoms with Gasteiger partial charge in [-0.15, -0.1) is 0 Å². The van der Waals surface area contributed by atoms with Gasteiger partial charge in [0.1, 0.15) is 0 Å². The highest BCUT2D eigenvalue weighted by atomic mass is 32.2. The predicted molar refractivity (Wildman–Crippen MR) is 105 cm³/mol. The molecule has 1 aromatic heterocycles. The van der Waals surface area contributed by atoms with Crippen LogP contribution in [0.15, 0.2) is 11.4 Å². The van der Waals surface area contributed by atoms with Crippen LogP contribution in [0.25, 0.3) is 0 Å². The molecular weight excluding hydrogens is 382 g/mol. The monoisotopic (exact) mass is 415 g/mol. The molecule has 2 heterocycles. The smallest absolute Gasteiger partial charge is 0.228 e. The van der Waals surface area contributed by atoms with E-state index in [-0.39, 0.29) is 16.5 Å². The molecule has 0 unspecified atom stereocenters. The van der Waals surface area contributed by atoms with Gasteiger partial charge >= 0.3 is 0 Å². The van der Waals surface area contributed by atoms with Crippen LogP contribution in [0.3, 0.4) is 0 Å². The van der Waals surface area contributed by atoms with Crippen LogP contribution in [-0.2, 0) is 37.1 Å². The molecule has 1 saturated carbocycles. The van der Waals surface area contributed by atoms with Gasteiger partial charge in [-0.05, 0) is 26.3 Å². The number of sulfone groups is 1.